The summed E-state index contributed by atoms with van der Waals surface area (Å²) in [4.78, 5) is 2.52. The van der Waals surface area contributed by atoms with Crippen molar-refractivity contribution in [1.29, 1.82) is 0 Å². The molecule has 0 aliphatic heterocycles. The summed E-state index contributed by atoms with van der Waals surface area (Å²) in [6.07, 6.45) is 12.0. The van der Waals surface area contributed by atoms with E-state index in [2.05, 4.69) is 32.8 Å². The molecule has 0 heterocycles. The normalized spacial score (nSPS) is 56.1. The SMILES string of the molecule is CN(C)C1CCC2C3CCC4CC(O)CCC4(C)C3CCC21C. The van der Waals surface area contributed by atoms with Gasteiger partial charge in [-0.25, -0.2) is 0 Å². The van der Waals surface area contributed by atoms with E-state index in [0.29, 0.717) is 10.8 Å². The van der Waals surface area contributed by atoms with Crippen molar-refractivity contribution in [3.63, 3.8) is 0 Å². The summed E-state index contributed by atoms with van der Waals surface area (Å²) in [5, 5.41) is 10.1. The number of hydrogen-bond donors (Lipinski definition) is 1. The standard InChI is InChI=1S/C21H37NO/c1-20-11-9-15(23)13-14(20)5-6-16-17-7-8-19(22(3)4)21(17,2)12-10-18(16)20/h14-19,23H,5-13H2,1-4H3. The van der Waals surface area contributed by atoms with Crippen LogP contribution in [0.4, 0.5) is 0 Å². The molecule has 4 aliphatic rings. The maximum atomic E-state index is 10.1. The molecule has 1 N–H and O–H groups in total. The zero-order valence-electron chi connectivity index (χ0n) is 15.7. The first-order valence-electron chi connectivity index (χ1n) is 10.2. The third-order valence-electron chi connectivity index (χ3n) is 9.21. The van der Waals surface area contributed by atoms with Gasteiger partial charge < -0.3 is 10.0 Å². The van der Waals surface area contributed by atoms with Gasteiger partial charge in [0.05, 0.1) is 6.10 Å². The molecule has 2 nitrogen and oxygen atoms in total. The Hall–Kier alpha value is -0.0800. The van der Waals surface area contributed by atoms with Crippen molar-refractivity contribution >= 4 is 0 Å². The number of nitrogens with zero attached hydrogens (tertiary/aromatic N) is 1. The summed E-state index contributed by atoms with van der Waals surface area (Å²) in [5.74, 6) is 3.66. The molecule has 0 aromatic carbocycles. The van der Waals surface area contributed by atoms with Crippen molar-refractivity contribution in [2.45, 2.75) is 83.8 Å². The highest BCUT2D eigenvalue weighted by Gasteiger charge is 2.60. The molecule has 0 amide bonds. The van der Waals surface area contributed by atoms with E-state index >= 15 is 0 Å². The zero-order chi connectivity index (χ0) is 16.4. The number of hydrogen-bond acceptors (Lipinski definition) is 2. The Morgan fingerprint density at radius 2 is 1.52 bits per heavy atom. The van der Waals surface area contributed by atoms with E-state index in [0.717, 1.165) is 42.6 Å². The Balaban J connectivity index is 1.60. The van der Waals surface area contributed by atoms with Crippen LogP contribution in [0.5, 0.6) is 0 Å². The van der Waals surface area contributed by atoms with E-state index in [1.807, 2.05) is 0 Å². The average molecular weight is 320 g/mol. The molecule has 4 saturated carbocycles. The molecule has 0 spiro atoms. The number of aliphatic hydroxyl groups excluding tert-OH is 1. The highest BCUT2D eigenvalue weighted by Crippen LogP contribution is 2.66. The Kier molecular flexibility index (Phi) is 3.89. The van der Waals surface area contributed by atoms with Crippen LogP contribution in [0.2, 0.25) is 0 Å². The van der Waals surface area contributed by atoms with Crippen molar-refractivity contribution in [3.05, 3.63) is 0 Å². The first-order valence-corrected chi connectivity index (χ1v) is 10.2. The van der Waals surface area contributed by atoms with Crippen molar-refractivity contribution in [3.8, 4) is 0 Å². The molecule has 0 bridgehead atoms. The molecule has 8 atom stereocenters. The summed E-state index contributed by atoms with van der Waals surface area (Å²) < 4.78 is 0. The topological polar surface area (TPSA) is 23.5 Å². The number of aliphatic hydroxyl groups is 1. The van der Waals surface area contributed by atoms with Gasteiger partial charge in [-0.3, -0.25) is 0 Å². The van der Waals surface area contributed by atoms with Gasteiger partial charge in [0.1, 0.15) is 0 Å². The minimum Gasteiger partial charge on any atom is -0.393 e. The molecule has 4 aliphatic carbocycles. The van der Waals surface area contributed by atoms with Crippen molar-refractivity contribution in [2.24, 2.45) is 34.5 Å². The van der Waals surface area contributed by atoms with E-state index in [4.69, 9.17) is 0 Å². The van der Waals surface area contributed by atoms with Gasteiger partial charge in [0, 0.05) is 6.04 Å². The third kappa shape index (κ3) is 2.27. The second kappa shape index (κ2) is 5.46. The van der Waals surface area contributed by atoms with Crippen LogP contribution in [0.1, 0.15) is 71.6 Å². The van der Waals surface area contributed by atoms with Crippen LogP contribution in [0.3, 0.4) is 0 Å². The molecular weight excluding hydrogens is 282 g/mol. The molecule has 0 aromatic heterocycles. The lowest BCUT2D eigenvalue weighted by Crippen LogP contribution is -2.55. The Labute approximate surface area is 143 Å². The smallest absolute Gasteiger partial charge is 0.0543 e. The van der Waals surface area contributed by atoms with E-state index in [1.165, 1.54) is 44.9 Å². The molecule has 4 fully saturated rings. The van der Waals surface area contributed by atoms with Gasteiger partial charge in [0.2, 0.25) is 0 Å². The number of fused-ring (bicyclic) bond motifs is 5. The van der Waals surface area contributed by atoms with Crippen molar-refractivity contribution in [2.75, 3.05) is 14.1 Å². The predicted molar refractivity (Wildman–Crippen MR) is 95.2 cm³/mol. The van der Waals surface area contributed by atoms with Crippen LogP contribution in [0.15, 0.2) is 0 Å². The molecule has 0 radical (unpaired) electrons. The lowest BCUT2D eigenvalue weighted by molar-refractivity contribution is -0.127. The van der Waals surface area contributed by atoms with E-state index in [1.54, 1.807) is 0 Å². The van der Waals surface area contributed by atoms with Crippen LogP contribution in [-0.4, -0.2) is 36.2 Å². The fraction of sp³-hybridized carbons (Fsp3) is 1.00. The second-order valence-corrected chi connectivity index (χ2v) is 10.2. The molecule has 0 saturated heterocycles. The molecule has 4 rings (SSSR count). The van der Waals surface area contributed by atoms with Crippen molar-refractivity contribution < 1.29 is 5.11 Å². The summed E-state index contributed by atoms with van der Waals surface area (Å²) in [7, 11) is 4.59. The van der Waals surface area contributed by atoms with E-state index in [9.17, 15) is 5.11 Å². The van der Waals surface area contributed by atoms with Gasteiger partial charge >= 0.3 is 0 Å². The summed E-state index contributed by atoms with van der Waals surface area (Å²) in [6, 6.07) is 0.798. The van der Waals surface area contributed by atoms with Gasteiger partial charge in [0.25, 0.3) is 0 Å². The van der Waals surface area contributed by atoms with Gasteiger partial charge in [-0.05, 0) is 106 Å². The van der Waals surface area contributed by atoms with Crippen LogP contribution < -0.4 is 0 Å². The van der Waals surface area contributed by atoms with Crippen LogP contribution in [-0.2, 0) is 0 Å². The van der Waals surface area contributed by atoms with E-state index < -0.39 is 0 Å². The molecule has 2 heteroatoms. The highest BCUT2D eigenvalue weighted by atomic mass is 16.3. The summed E-state index contributed by atoms with van der Waals surface area (Å²) in [5.41, 5.74) is 1.09. The second-order valence-electron chi connectivity index (χ2n) is 10.2. The minimum absolute atomic E-state index is 0.0110. The molecule has 0 aromatic rings. The van der Waals surface area contributed by atoms with Gasteiger partial charge in [0.15, 0.2) is 0 Å². The fourth-order valence-electron chi connectivity index (χ4n) is 8.06. The molecular formula is C21H37NO. The van der Waals surface area contributed by atoms with Gasteiger partial charge in [-0.1, -0.05) is 13.8 Å². The fourth-order valence-corrected chi connectivity index (χ4v) is 8.06. The van der Waals surface area contributed by atoms with E-state index in [-0.39, 0.29) is 6.10 Å². The minimum atomic E-state index is -0.0110. The molecule has 8 unspecified atom stereocenters. The van der Waals surface area contributed by atoms with Crippen LogP contribution >= 0.6 is 0 Å². The number of rotatable bonds is 1. The van der Waals surface area contributed by atoms with Crippen LogP contribution in [0, 0.1) is 34.5 Å². The van der Waals surface area contributed by atoms with Crippen LogP contribution in [0.25, 0.3) is 0 Å². The lowest BCUT2D eigenvalue weighted by Gasteiger charge is -2.61. The summed E-state index contributed by atoms with van der Waals surface area (Å²) in [6.45, 7) is 5.21. The highest BCUT2D eigenvalue weighted by molar-refractivity contribution is 5.10. The Morgan fingerprint density at radius 1 is 0.826 bits per heavy atom. The van der Waals surface area contributed by atoms with Gasteiger partial charge in [-0.2, -0.15) is 0 Å². The maximum absolute atomic E-state index is 10.1. The Morgan fingerprint density at radius 3 is 2.26 bits per heavy atom. The lowest BCUT2D eigenvalue weighted by atomic mass is 9.45. The quantitative estimate of drug-likeness (QED) is 0.778. The summed E-state index contributed by atoms with van der Waals surface area (Å²) >= 11 is 0. The average Bonchev–Trinajstić information content (AvgIpc) is 2.85. The largest absolute Gasteiger partial charge is 0.393 e. The maximum Gasteiger partial charge on any atom is 0.0543 e. The molecule has 132 valence electrons. The molecule has 23 heavy (non-hydrogen) atoms. The third-order valence-corrected chi connectivity index (χ3v) is 9.21. The zero-order valence-corrected chi connectivity index (χ0v) is 15.7. The first kappa shape index (κ1) is 16.4. The van der Waals surface area contributed by atoms with Crippen molar-refractivity contribution in [1.82, 2.24) is 4.90 Å². The monoisotopic (exact) mass is 319 g/mol. The predicted octanol–water partition coefficient (Wildman–Crippen LogP) is 4.32. The van der Waals surface area contributed by atoms with Gasteiger partial charge in [-0.15, -0.1) is 0 Å². The first-order chi connectivity index (χ1) is 10.9. The Bertz CT molecular complexity index is 463.